The first-order chi connectivity index (χ1) is 7.68. The number of rotatable bonds is 6. The summed E-state index contributed by atoms with van der Waals surface area (Å²) < 4.78 is 13.3. The fourth-order valence-electron chi connectivity index (χ4n) is 0.956. The number of unbranched alkanes of at least 4 members (excludes halogenated alkanes) is 1. The van der Waals surface area contributed by atoms with Crippen molar-refractivity contribution in [3.8, 4) is 0 Å². The summed E-state index contributed by atoms with van der Waals surface area (Å²) in [6, 6.07) is 0. The third-order valence-electron chi connectivity index (χ3n) is 1.61. The molecule has 0 saturated carbocycles. The van der Waals surface area contributed by atoms with E-state index in [-0.39, 0.29) is 12.5 Å². The highest BCUT2D eigenvalue weighted by Gasteiger charge is 1.99. The number of halogens is 1. The minimum absolute atomic E-state index is 0.230. The van der Waals surface area contributed by atoms with Gasteiger partial charge in [-0.3, -0.25) is 4.52 Å². The number of hydrogen-bond acceptors (Lipinski definition) is 6. The standard InChI is InChI=1S/C9H10ClNO5/c10-8(12)14-6-4-2-1-3-5-7-11-16-9(13)15-7/h1,3H,2,4-6H2. The highest BCUT2D eigenvalue weighted by molar-refractivity contribution is 6.61. The molecular weight excluding hydrogens is 238 g/mol. The Morgan fingerprint density at radius 1 is 1.50 bits per heavy atom. The van der Waals surface area contributed by atoms with E-state index in [0.717, 1.165) is 6.42 Å². The molecule has 0 spiro atoms. The SMILES string of the molecule is O=C(Cl)OCCCC=CCc1noc(=O)o1. The summed E-state index contributed by atoms with van der Waals surface area (Å²) in [5.41, 5.74) is -0.798. The molecule has 1 heterocycles. The predicted octanol–water partition coefficient (Wildman–Crippen LogP) is 1.88. The fourth-order valence-corrected chi connectivity index (χ4v) is 1.03. The molecule has 0 aliphatic heterocycles. The van der Waals surface area contributed by atoms with Crippen LogP contribution in [0.1, 0.15) is 18.7 Å². The fraction of sp³-hybridized carbons (Fsp3) is 0.444. The highest BCUT2D eigenvalue weighted by atomic mass is 35.5. The molecule has 1 aromatic heterocycles. The molecule has 0 aromatic carbocycles. The molecule has 1 rings (SSSR count). The lowest BCUT2D eigenvalue weighted by Gasteiger charge is -1.96. The summed E-state index contributed by atoms with van der Waals surface area (Å²) >= 11 is 4.96. The van der Waals surface area contributed by atoms with E-state index in [1.165, 1.54) is 0 Å². The molecule has 0 radical (unpaired) electrons. The zero-order valence-electron chi connectivity index (χ0n) is 8.35. The summed E-state index contributed by atoms with van der Waals surface area (Å²) in [4.78, 5) is 20.6. The molecule has 0 bridgehead atoms. The first-order valence-electron chi connectivity index (χ1n) is 4.61. The van der Waals surface area contributed by atoms with E-state index in [9.17, 15) is 9.59 Å². The van der Waals surface area contributed by atoms with Crippen LogP contribution in [0.4, 0.5) is 4.79 Å². The molecule has 0 saturated heterocycles. The minimum atomic E-state index is -0.808. The number of allylic oxidation sites excluding steroid dienone is 2. The number of ether oxygens (including phenoxy) is 1. The second kappa shape index (κ2) is 6.84. The lowest BCUT2D eigenvalue weighted by Crippen LogP contribution is -1.95. The van der Waals surface area contributed by atoms with Crippen molar-refractivity contribution in [1.82, 2.24) is 5.16 Å². The van der Waals surface area contributed by atoms with Crippen molar-refractivity contribution in [1.29, 1.82) is 0 Å². The van der Waals surface area contributed by atoms with Crippen LogP contribution in [0.25, 0.3) is 0 Å². The van der Waals surface area contributed by atoms with Crippen molar-refractivity contribution in [2.75, 3.05) is 6.61 Å². The summed E-state index contributed by atoms with van der Waals surface area (Å²) in [6.07, 6.45) is 5.44. The molecule has 16 heavy (non-hydrogen) atoms. The maximum atomic E-state index is 10.4. The lowest BCUT2D eigenvalue weighted by molar-refractivity contribution is 0.172. The van der Waals surface area contributed by atoms with Gasteiger partial charge in [0.1, 0.15) is 0 Å². The Bertz CT molecular complexity index is 408. The van der Waals surface area contributed by atoms with Gasteiger partial charge in [0, 0.05) is 18.0 Å². The number of carbonyl (C=O) groups excluding carboxylic acids is 1. The van der Waals surface area contributed by atoms with Gasteiger partial charge in [-0.25, -0.2) is 9.59 Å². The smallest absolute Gasteiger partial charge is 0.454 e. The molecule has 0 aliphatic carbocycles. The molecule has 6 nitrogen and oxygen atoms in total. The second-order valence-electron chi connectivity index (χ2n) is 2.83. The van der Waals surface area contributed by atoms with Crippen LogP contribution in [-0.2, 0) is 11.2 Å². The predicted molar refractivity (Wildman–Crippen MR) is 54.3 cm³/mol. The van der Waals surface area contributed by atoms with Crippen molar-refractivity contribution >= 4 is 17.0 Å². The van der Waals surface area contributed by atoms with E-state index in [1.54, 1.807) is 6.08 Å². The van der Waals surface area contributed by atoms with Crippen LogP contribution in [0.5, 0.6) is 0 Å². The molecule has 1 aromatic rings. The van der Waals surface area contributed by atoms with Gasteiger partial charge in [0.05, 0.1) is 6.61 Å². The number of hydrogen-bond donors (Lipinski definition) is 0. The molecule has 0 N–H and O–H groups in total. The largest absolute Gasteiger partial charge is 0.542 e. The van der Waals surface area contributed by atoms with Gasteiger partial charge in [-0.1, -0.05) is 12.2 Å². The maximum absolute atomic E-state index is 10.4. The van der Waals surface area contributed by atoms with Gasteiger partial charge in [-0.15, -0.1) is 0 Å². The Labute approximate surface area is 95.8 Å². The minimum Gasteiger partial charge on any atom is -0.454 e. The number of carbonyl (C=O) groups is 1. The van der Waals surface area contributed by atoms with Crippen molar-refractivity contribution in [2.24, 2.45) is 0 Å². The van der Waals surface area contributed by atoms with E-state index < -0.39 is 11.3 Å². The average Bonchev–Trinajstić information content (AvgIpc) is 2.62. The highest BCUT2D eigenvalue weighted by Crippen LogP contribution is 1.97. The zero-order chi connectivity index (χ0) is 11.8. The van der Waals surface area contributed by atoms with Crippen LogP contribution in [0.15, 0.2) is 25.9 Å². The normalized spacial score (nSPS) is 10.8. The molecule has 0 atom stereocenters. The number of aromatic nitrogens is 1. The van der Waals surface area contributed by atoms with Crippen molar-refractivity contribution in [2.45, 2.75) is 19.3 Å². The van der Waals surface area contributed by atoms with E-state index >= 15 is 0 Å². The van der Waals surface area contributed by atoms with E-state index in [2.05, 4.69) is 18.8 Å². The van der Waals surface area contributed by atoms with E-state index in [0.29, 0.717) is 12.8 Å². The second-order valence-corrected chi connectivity index (χ2v) is 3.14. The molecule has 0 amide bonds. The Morgan fingerprint density at radius 3 is 2.94 bits per heavy atom. The summed E-state index contributed by atoms with van der Waals surface area (Å²) in [5, 5.41) is 3.38. The molecule has 0 aliphatic rings. The van der Waals surface area contributed by atoms with Gasteiger partial charge in [0.2, 0.25) is 5.89 Å². The summed E-state index contributed by atoms with van der Waals surface area (Å²) in [7, 11) is 0. The Kier molecular flexibility index (Phi) is 5.35. The van der Waals surface area contributed by atoms with Crippen LogP contribution in [0.2, 0.25) is 0 Å². The van der Waals surface area contributed by atoms with E-state index in [4.69, 9.17) is 11.6 Å². The Morgan fingerprint density at radius 2 is 2.31 bits per heavy atom. The third kappa shape index (κ3) is 5.35. The first kappa shape index (κ1) is 12.5. The van der Waals surface area contributed by atoms with Crippen molar-refractivity contribution in [3.05, 3.63) is 28.7 Å². The zero-order valence-corrected chi connectivity index (χ0v) is 9.11. The summed E-state index contributed by atoms with van der Waals surface area (Å²) in [6.45, 7) is 0.283. The Balaban J connectivity index is 2.09. The van der Waals surface area contributed by atoms with Crippen LogP contribution >= 0.6 is 11.6 Å². The van der Waals surface area contributed by atoms with Crippen LogP contribution < -0.4 is 5.82 Å². The van der Waals surface area contributed by atoms with Gasteiger partial charge in [0.25, 0.3) is 0 Å². The average molecular weight is 248 g/mol. The summed E-state index contributed by atoms with van der Waals surface area (Å²) in [5.74, 6) is -0.578. The van der Waals surface area contributed by atoms with Gasteiger partial charge in [0.15, 0.2) is 0 Å². The molecule has 0 fully saturated rings. The quantitative estimate of drug-likeness (QED) is 0.434. The van der Waals surface area contributed by atoms with Gasteiger partial charge in [-0.05, 0) is 18.0 Å². The lowest BCUT2D eigenvalue weighted by atomic mass is 10.3. The van der Waals surface area contributed by atoms with Crippen LogP contribution in [0.3, 0.4) is 0 Å². The van der Waals surface area contributed by atoms with Crippen LogP contribution in [-0.4, -0.2) is 17.2 Å². The number of nitrogens with zero attached hydrogens (tertiary/aromatic N) is 1. The first-order valence-corrected chi connectivity index (χ1v) is 4.99. The van der Waals surface area contributed by atoms with Gasteiger partial charge in [-0.2, -0.15) is 0 Å². The molecular formula is C9H10ClNO5. The molecule has 88 valence electrons. The maximum Gasteiger partial charge on any atom is 0.542 e. The molecule has 0 unspecified atom stereocenters. The topological polar surface area (TPSA) is 82.5 Å². The van der Waals surface area contributed by atoms with Gasteiger partial charge >= 0.3 is 11.3 Å². The Hall–Kier alpha value is -1.56. The van der Waals surface area contributed by atoms with E-state index in [1.807, 2.05) is 6.08 Å². The van der Waals surface area contributed by atoms with Gasteiger partial charge < -0.3 is 9.15 Å². The third-order valence-corrected chi connectivity index (χ3v) is 1.72. The molecule has 7 heteroatoms. The monoisotopic (exact) mass is 247 g/mol. The van der Waals surface area contributed by atoms with Crippen LogP contribution in [0, 0.1) is 0 Å². The van der Waals surface area contributed by atoms with Crippen molar-refractivity contribution < 1.29 is 18.5 Å². The van der Waals surface area contributed by atoms with Crippen molar-refractivity contribution in [3.63, 3.8) is 0 Å².